The van der Waals surface area contributed by atoms with E-state index in [1.165, 1.54) is 16.7 Å². The standard InChI is InChI=1S/C19H24N2O2/c1-13-5-8-18(16(4)11-13)21-19(22)20-9-10-23-17-7-6-14(2)15(3)12-17/h5-8,11-12H,9-10H2,1-4H3,(H2,20,21,22). The summed E-state index contributed by atoms with van der Waals surface area (Å²) in [6, 6.07) is 11.7. The molecule has 0 aliphatic heterocycles. The highest BCUT2D eigenvalue weighted by atomic mass is 16.5. The molecule has 0 atom stereocenters. The molecule has 4 nitrogen and oxygen atoms in total. The zero-order valence-electron chi connectivity index (χ0n) is 14.2. The van der Waals surface area contributed by atoms with Gasteiger partial charge in [-0.15, -0.1) is 0 Å². The van der Waals surface area contributed by atoms with Crippen LogP contribution in [0.1, 0.15) is 22.3 Å². The highest BCUT2D eigenvalue weighted by Gasteiger charge is 2.04. The second-order valence-electron chi connectivity index (χ2n) is 5.79. The van der Waals surface area contributed by atoms with E-state index in [0.717, 1.165) is 17.0 Å². The van der Waals surface area contributed by atoms with Crippen molar-refractivity contribution in [2.75, 3.05) is 18.5 Å². The van der Waals surface area contributed by atoms with E-state index in [1.54, 1.807) is 0 Å². The minimum absolute atomic E-state index is 0.222. The molecule has 122 valence electrons. The Labute approximate surface area is 137 Å². The third-order valence-corrected chi connectivity index (χ3v) is 3.76. The van der Waals surface area contributed by atoms with Gasteiger partial charge in [-0.3, -0.25) is 0 Å². The van der Waals surface area contributed by atoms with Gasteiger partial charge in [-0.2, -0.15) is 0 Å². The molecular formula is C19H24N2O2. The van der Waals surface area contributed by atoms with Gasteiger partial charge in [0.2, 0.25) is 0 Å². The van der Waals surface area contributed by atoms with Crippen molar-refractivity contribution in [3.63, 3.8) is 0 Å². The Morgan fingerprint density at radius 2 is 1.74 bits per heavy atom. The number of ether oxygens (including phenoxy) is 1. The van der Waals surface area contributed by atoms with Crippen LogP contribution in [0.25, 0.3) is 0 Å². The Bertz CT molecular complexity index is 696. The first-order valence-corrected chi connectivity index (χ1v) is 7.78. The summed E-state index contributed by atoms with van der Waals surface area (Å²) in [5, 5.41) is 5.64. The molecule has 2 aromatic carbocycles. The van der Waals surface area contributed by atoms with Crippen LogP contribution >= 0.6 is 0 Å². The smallest absolute Gasteiger partial charge is 0.319 e. The van der Waals surface area contributed by atoms with Gasteiger partial charge in [0.15, 0.2) is 0 Å². The van der Waals surface area contributed by atoms with Crippen molar-refractivity contribution >= 4 is 11.7 Å². The molecule has 0 heterocycles. The third-order valence-electron chi connectivity index (χ3n) is 3.76. The molecule has 0 aliphatic carbocycles. The fraction of sp³-hybridized carbons (Fsp3) is 0.316. The first-order valence-electron chi connectivity index (χ1n) is 7.78. The van der Waals surface area contributed by atoms with Crippen LogP contribution < -0.4 is 15.4 Å². The molecule has 0 unspecified atom stereocenters. The molecule has 2 N–H and O–H groups in total. The van der Waals surface area contributed by atoms with Crippen molar-refractivity contribution < 1.29 is 9.53 Å². The molecule has 2 aromatic rings. The van der Waals surface area contributed by atoms with Gasteiger partial charge in [-0.25, -0.2) is 4.79 Å². The molecule has 0 radical (unpaired) electrons. The Morgan fingerprint density at radius 3 is 2.43 bits per heavy atom. The number of urea groups is 1. The molecule has 0 aliphatic rings. The minimum Gasteiger partial charge on any atom is -0.492 e. The van der Waals surface area contributed by atoms with Gasteiger partial charge < -0.3 is 15.4 Å². The zero-order chi connectivity index (χ0) is 16.8. The van der Waals surface area contributed by atoms with Crippen LogP contribution in [0, 0.1) is 27.7 Å². The van der Waals surface area contributed by atoms with E-state index < -0.39 is 0 Å². The summed E-state index contributed by atoms with van der Waals surface area (Å²) >= 11 is 0. The van der Waals surface area contributed by atoms with Crippen LogP contribution in [-0.4, -0.2) is 19.2 Å². The number of carbonyl (C=O) groups is 1. The van der Waals surface area contributed by atoms with Crippen molar-refractivity contribution in [3.8, 4) is 5.75 Å². The van der Waals surface area contributed by atoms with Gasteiger partial charge in [0.25, 0.3) is 0 Å². The lowest BCUT2D eigenvalue weighted by Gasteiger charge is -2.11. The van der Waals surface area contributed by atoms with Gasteiger partial charge in [0.1, 0.15) is 12.4 Å². The number of aryl methyl sites for hydroxylation is 4. The number of benzene rings is 2. The maximum Gasteiger partial charge on any atom is 0.319 e. The molecule has 23 heavy (non-hydrogen) atoms. The van der Waals surface area contributed by atoms with E-state index in [1.807, 2.05) is 50.2 Å². The van der Waals surface area contributed by atoms with E-state index >= 15 is 0 Å². The number of nitrogens with one attached hydrogen (secondary N) is 2. The molecule has 0 saturated carbocycles. The molecule has 0 aromatic heterocycles. The van der Waals surface area contributed by atoms with Crippen molar-refractivity contribution in [1.29, 1.82) is 0 Å². The summed E-state index contributed by atoms with van der Waals surface area (Å²) < 4.78 is 5.64. The highest BCUT2D eigenvalue weighted by molar-refractivity contribution is 5.90. The van der Waals surface area contributed by atoms with Crippen molar-refractivity contribution in [3.05, 3.63) is 58.7 Å². The number of amides is 2. The Hall–Kier alpha value is -2.49. The third kappa shape index (κ3) is 5.02. The highest BCUT2D eigenvalue weighted by Crippen LogP contribution is 2.16. The van der Waals surface area contributed by atoms with Crippen molar-refractivity contribution in [2.24, 2.45) is 0 Å². The van der Waals surface area contributed by atoms with Crippen LogP contribution in [0.15, 0.2) is 36.4 Å². The Balaban J connectivity index is 1.75. The van der Waals surface area contributed by atoms with Gasteiger partial charge in [-0.1, -0.05) is 23.8 Å². The first-order chi connectivity index (χ1) is 11.0. The molecule has 0 spiro atoms. The summed E-state index contributed by atoms with van der Waals surface area (Å²) in [4.78, 5) is 11.9. The normalized spacial score (nSPS) is 10.3. The predicted octanol–water partition coefficient (Wildman–Crippen LogP) is 4.12. The maximum absolute atomic E-state index is 11.9. The van der Waals surface area contributed by atoms with Crippen molar-refractivity contribution in [1.82, 2.24) is 5.32 Å². The molecule has 0 saturated heterocycles. The second-order valence-corrected chi connectivity index (χ2v) is 5.79. The lowest BCUT2D eigenvalue weighted by molar-refractivity contribution is 0.247. The van der Waals surface area contributed by atoms with Crippen LogP contribution in [0.3, 0.4) is 0 Å². The SMILES string of the molecule is Cc1ccc(NC(=O)NCCOc2ccc(C)c(C)c2)c(C)c1. The number of hydrogen-bond acceptors (Lipinski definition) is 2. The largest absolute Gasteiger partial charge is 0.492 e. The molecular weight excluding hydrogens is 288 g/mol. The van der Waals surface area contributed by atoms with Crippen LogP contribution in [0.4, 0.5) is 10.5 Å². The fourth-order valence-corrected chi connectivity index (χ4v) is 2.26. The number of hydrogen-bond donors (Lipinski definition) is 2. The van der Waals surface area contributed by atoms with Gasteiger partial charge in [0.05, 0.1) is 6.54 Å². The van der Waals surface area contributed by atoms with Crippen LogP contribution in [0.2, 0.25) is 0 Å². The number of anilines is 1. The molecule has 0 fully saturated rings. The quantitative estimate of drug-likeness (QED) is 0.816. The summed E-state index contributed by atoms with van der Waals surface area (Å²) in [5.41, 5.74) is 5.48. The zero-order valence-corrected chi connectivity index (χ0v) is 14.2. The van der Waals surface area contributed by atoms with Crippen LogP contribution in [0.5, 0.6) is 5.75 Å². The first kappa shape index (κ1) is 16.9. The average Bonchev–Trinajstić information content (AvgIpc) is 2.50. The number of rotatable bonds is 5. The number of carbonyl (C=O) groups excluding carboxylic acids is 1. The lowest BCUT2D eigenvalue weighted by Crippen LogP contribution is -2.32. The molecule has 0 bridgehead atoms. The minimum atomic E-state index is -0.222. The lowest BCUT2D eigenvalue weighted by atomic mass is 10.1. The molecule has 2 amide bonds. The molecule has 4 heteroatoms. The Kier molecular flexibility index (Phi) is 5.63. The van der Waals surface area contributed by atoms with E-state index in [-0.39, 0.29) is 6.03 Å². The van der Waals surface area contributed by atoms with E-state index in [4.69, 9.17) is 4.74 Å². The summed E-state index contributed by atoms with van der Waals surface area (Å²) in [5.74, 6) is 0.824. The summed E-state index contributed by atoms with van der Waals surface area (Å²) in [6.07, 6.45) is 0. The molecule has 2 rings (SSSR count). The van der Waals surface area contributed by atoms with Gasteiger partial charge in [-0.05, 0) is 62.6 Å². The van der Waals surface area contributed by atoms with Crippen LogP contribution in [-0.2, 0) is 0 Å². The predicted molar refractivity (Wildman–Crippen MR) is 94.3 cm³/mol. The van der Waals surface area contributed by atoms with E-state index in [0.29, 0.717) is 13.2 Å². The summed E-state index contributed by atoms with van der Waals surface area (Å²) in [6.45, 7) is 9.01. The van der Waals surface area contributed by atoms with E-state index in [9.17, 15) is 4.79 Å². The topological polar surface area (TPSA) is 50.4 Å². The van der Waals surface area contributed by atoms with E-state index in [2.05, 4.69) is 24.5 Å². The summed E-state index contributed by atoms with van der Waals surface area (Å²) in [7, 11) is 0. The fourth-order valence-electron chi connectivity index (χ4n) is 2.26. The Morgan fingerprint density at radius 1 is 0.957 bits per heavy atom. The van der Waals surface area contributed by atoms with Crippen molar-refractivity contribution in [2.45, 2.75) is 27.7 Å². The van der Waals surface area contributed by atoms with Gasteiger partial charge >= 0.3 is 6.03 Å². The average molecular weight is 312 g/mol. The second kappa shape index (κ2) is 7.68. The van der Waals surface area contributed by atoms with Gasteiger partial charge in [0, 0.05) is 5.69 Å². The maximum atomic E-state index is 11.9. The monoisotopic (exact) mass is 312 g/mol.